The van der Waals surface area contributed by atoms with Crippen LogP contribution in [0.2, 0.25) is 0 Å². The van der Waals surface area contributed by atoms with Gasteiger partial charge in [0, 0.05) is 24.3 Å². The van der Waals surface area contributed by atoms with Crippen molar-refractivity contribution in [2.24, 2.45) is 0 Å². The number of fused-ring (bicyclic) bond motifs is 1. The van der Waals surface area contributed by atoms with Crippen LogP contribution in [-0.4, -0.2) is 49.9 Å². The van der Waals surface area contributed by atoms with E-state index in [4.69, 9.17) is 4.74 Å². The number of benzene rings is 1. The first-order valence-electron chi connectivity index (χ1n) is 10.5. The maximum atomic E-state index is 13.6. The van der Waals surface area contributed by atoms with Crippen molar-refractivity contribution in [3.05, 3.63) is 60.8 Å². The zero-order valence-corrected chi connectivity index (χ0v) is 18.6. The SMILES string of the molecule is C[C@H]1CCN(C(=O)c2ccnc(-n3cncn3)c2)c2ccccc2N1C(=O)OC(C)(C)C. The molecule has 0 unspecified atom stereocenters. The quantitative estimate of drug-likeness (QED) is 0.608. The van der Waals surface area contributed by atoms with Crippen LogP contribution >= 0.6 is 0 Å². The molecule has 0 bridgehead atoms. The summed E-state index contributed by atoms with van der Waals surface area (Å²) in [6.45, 7) is 7.93. The minimum Gasteiger partial charge on any atom is -0.443 e. The molecule has 0 N–H and O–H groups in total. The van der Waals surface area contributed by atoms with Crippen molar-refractivity contribution < 1.29 is 14.3 Å². The van der Waals surface area contributed by atoms with Gasteiger partial charge in [0.1, 0.15) is 18.3 Å². The number of anilines is 2. The molecule has 2 aromatic heterocycles. The molecule has 3 aromatic rings. The lowest BCUT2D eigenvalue weighted by Gasteiger charge is -2.31. The van der Waals surface area contributed by atoms with Crippen LogP contribution in [0.3, 0.4) is 0 Å². The maximum Gasteiger partial charge on any atom is 0.415 e. The number of amides is 2. The van der Waals surface area contributed by atoms with Gasteiger partial charge in [0.15, 0.2) is 5.82 Å². The molecule has 0 radical (unpaired) electrons. The van der Waals surface area contributed by atoms with Crippen molar-refractivity contribution in [3.8, 4) is 5.82 Å². The fourth-order valence-electron chi connectivity index (χ4n) is 3.66. The Hall–Kier alpha value is -3.75. The van der Waals surface area contributed by atoms with Crippen molar-refractivity contribution in [3.63, 3.8) is 0 Å². The molecule has 0 fully saturated rings. The number of hydrogen-bond donors (Lipinski definition) is 0. The summed E-state index contributed by atoms with van der Waals surface area (Å²) >= 11 is 0. The molecule has 9 nitrogen and oxygen atoms in total. The number of aromatic nitrogens is 4. The van der Waals surface area contributed by atoms with Crippen molar-refractivity contribution in [1.82, 2.24) is 19.7 Å². The monoisotopic (exact) mass is 434 g/mol. The van der Waals surface area contributed by atoms with Crippen LogP contribution in [-0.2, 0) is 4.74 Å². The van der Waals surface area contributed by atoms with Crippen LogP contribution in [0.25, 0.3) is 5.82 Å². The summed E-state index contributed by atoms with van der Waals surface area (Å²) in [7, 11) is 0. The molecule has 2 amide bonds. The van der Waals surface area contributed by atoms with Gasteiger partial charge >= 0.3 is 6.09 Å². The fraction of sp³-hybridized carbons (Fsp3) is 0.348. The Morgan fingerprint density at radius 3 is 2.56 bits per heavy atom. The van der Waals surface area contributed by atoms with Gasteiger partial charge in [-0.15, -0.1) is 0 Å². The molecule has 1 aliphatic rings. The number of rotatable bonds is 2. The molecule has 32 heavy (non-hydrogen) atoms. The van der Waals surface area contributed by atoms with E-state index in [-0.39, 0.29) is 11.9 Å². The standard InChI is InChI=1S/C23H26N6O3/c1-16-10-12-27(21(30)17-9-11-25-20(13-17)28-15-24-14-26-28)18-7-5-6-8-19(18)29(16)22(31)32-23(2,3)4/h5-9,11,13-16H,10,12H2,1-4H3/t16-/m0/s1. The van der Waals surface area contributed by atoms with Crippen molar-refractivity contribution in [2.75, 3.05) is 16.3 Å². The van der Waals surface area contributed by atoms with E-state index in [0.717, 1.165) is 0 Å². The first kappa shape index (κ1) is 21.5. The van der Waals surface area contributed by atoms with Gasteiger partial charge in [-0.2, -0.15) is 5.10 Å². The van der Waals surface area contributed by atoms with Crippen LogP contribution in [0.15, 0.2) is 55.2 Å². The Kier molecular flexibility index (Phi) is 5.65. The van der Waals surface area contributed by atoms with E-state index in [1.54, 1.807) is 28.1 Å². The highest BCUT2D eigenvalue weighted by atomic mass is 16.6. The third-order valence-corrected chi connectivity index (χ3v) is 5.12. The third kappa shape index (κ3) is 4.32. The van der Waals surface area contributed by atoms with Gasteiger partial charge in [-0.1, -0.05) is 12.1 Å². The van der Waals surface area contributed by atoms with E-state index in [9.17, 15) is 9.59 Å². The highest BCUT2D eigenvalue weighted by Crippen LogP contribution is 2.36. The summed E-state index contributed by atoms with van der Waals surface area (Å²) in [5.41, 5.74) is 1.15. The Bertz CT molecular complexity index is 1120. The van der Waals surface area contributed by atoms with Crippen LogP contribution < -0.4 is 9.80 Å². The molecular weight excluding hydrogens is 408 g/mol. The molecule has 3 heterocycles. The molecule has 0 spiro atoms. The predicted octanol–water partition coefficient (Wildman–Crippen LogP) is 3.84. The molecule has 1 atom stereocenters. The molecule has 166 valence electrons. The lowest BCUT2D eigenvalue weighted by atomic mass is 10.2. The lowest BCUT2D eigenvalue weighted by Crippen LogP contribution is -2.42. The number of hydrogen-bond acceptors (Lipinski definition) is 6. The summed E-state index contributed by atoms with van der Waals surface area (Å²) in [5, 5.41) is 4.08. The Morgan fingerprint density at radius 1 is 1.12 bits per heavy atom. The average Bonchev–Trinajstić information content (AvgIpc) is 3.24. The summed E-state index contributed by atoms with van der Waals surface area (Å²) < 4.78 is 7.16. The van der Waals surface area contributed by atoms with E-state index >= 15 is 0 Å². The summed E-state index contributed by atoms with van der Waals surface area (Å²) in [4.78, 5) is 38.2. The number of para-hydroxylation sites is 2. The smallest absolute Gasteiger partial charge is 0.415 e. The minimum atomic E-state index is -0.623. The molecule has 1 aliphatic heterocycles. The highest BCUT2D eigenvalue weighted by molar-refractivity contribution is 6.09. The lowest BCUT2D eigenvalue weighted by molar-refractivity contribution is 0.0568. The van der Waals surface area contributed by atoms with Gasteiger partial charge in [0.25, 0.3) is 5.91 Å². The largest absolute Gasteiger partial charge is 0.443 e. The van der Waals surface area contributed by atoms with Crippen molar-refractivity contribution in [1.29, 1.82) is 0 Å². The molecule has 0 saturated heterocycles. The molecule has 0 saturated carbocycles. The van der Waals surface area contributed by atoms with Crippen LogP contribution in [0.4, 0.5) is 16.2 Å². The summed E-state index contributed by atoms with van der Waals surface area (Å²) in [6.07, 6.45) is 4.68. The van der Waals surface area contributed by atoms with E-state index in [1.165, 1.54) is 17.3 Å². The second-order valence-corrected chi connectivity index (χ2v) is 8.68. The Morgan fingerprint density at radius 2 is 1.88 bits per heavy atom. The Labute approximate surface area is 186 Å². The Balaban J connectivity index is 1.71. The summed E-state index contributed by atoms with van der Waals surface area (Å²) in [5.74, 6) is 0.319. The van der Waals surface area contributed by atoms with Crippen LogP contribution in [0.1, 0.15) is 44.5 Å². The second-order valence-electron chi connectivity index (χ2n) is 8.68. The second kappa shape index (κ2) is 8.41. The number of carbonyl (C=O) groups is 2. The van der Waals surface area contributed by atoms with Gasteiger partial charge in [-0.05, 0) is 58.4 Å². The number of ether oxygens (including phenoxy) is 1. The van der Waals surface area contributed by atoms with E-state index < -0.39 is 11.7 Å². The average molecular weight is 435 g/mol. The van der Waals surface area contributed by atoms with Crippen LogP contribution in [0, 0.1) is 0 Å². The zero-order valence-electron chi connectivity index (χ0n) is 18.6. The first-order valence-corrected chi connectivity index (χ1v) is 10.5. The zero-order chi connectivity index (χ0) is 22.9. The predicted molar refractivity (Wildman–Crippen MR) is 120 cm³/mol. The number of carbonyl (C=O) groups excluding carboxylic acids is 2. The molecule has 1 aromatic carbocycles. The van der Waals surface area contributed by atoms with Gasteiger partial charge in [0.05, 0.1) is 11.4 Å². The van der Waals surface area contributed by atoms with Crippen LogP contribution in [0.5, 0.6) is 0 Å². The van der Waals surface area contributed by atoms with Crippen molar-refractivity contribution in [2.45, 2.75) is 45.8 Å². The van der Waals surface area contributed by atoms with E-state index in [1.807, 2.05) is 52.0 Å². The van der Waals surface area contributed by atoms with Crippen molar-refractivity contribution >= 4 is 23.4 Å². The molecular formula is C23H26N6O3. The minimum absolute atomic E-state index is 0.146. The van der Waals surface area contributed by atoms with E-state index in [0.29, 0.717) is 35.7 Å². The highest BCUT2D eigenvalue weighted by Gasteiger charge is 2.34. The van der Waals surface area contributed by atoms with Gasteiger partial charge in [-0.25, -0.2) is 19.4 Å². The van der Waals surface area contributed by atoms with Gasteiger partial charge < -0.3 is 9.64 Å². The molecule has 4 rings (SSSR count). The number of nitrogens with zero attached hydrogens (tertiary/aromatic N) is 6. The molecule has 0 aliphatic carbocycles. The first-order chi connectivity index (χ1) is 15.2. The molecule has 9 heteroatoms. The maximum absolute atomic E-state index is 13.6. The van der Waals surface area contributed by atoms with E-state index in [2.05, 4.69) is 15.1 Å². The normalized spacial score (nSPS) is 16.3. The third-order valence-electron chi connectivity index (χ3n) is 5.12. The fourth-order valence-corrected chi connectivity index (χ4v) is 3.66. The summed E-state index contributed by atoms with van der Waals surface area (Å²) in [6, 6.07) is 10.6. The number of pyridine rings is 1. The van der Waals surface area contributed by atoms with Gasteiger partial charge in [-0.3, -0.25) is 9.69 Å². The van der Waals surface area contributed by atoms with Gasteiger partial charge in [0.2, 0.25) is 0 Å². The topological polar surface area (TPSA) is 93.5 Å².